The van der Waals surface area contributed by atoms with E-state index in [4.69, 9.17) is 10.5 Å². The molecule has 1 aliphatic rings. The van der Waals surface area contributed by atoms with Crippen LogP contribution in [-0.4, -0.2) is 35.8 Å². The molecule has 0 bridgehead atoms. The van der Waals surface area contributed by atoms with Crippen LogP contribution in [0.3, 0.4) is 0 Å². The van der Waals surface area contributed by atoms with E-state index in [1.807, 2.05) is 13.8 Å². The fourth-order valence-corrected chi connectivity index (χ4v) is 2.43. The normalized spacial score (nSPS) is 18.8. The molecule has 1 fully saturated rings. The van der Waals surface area contributed by atoms with Crippen LogP contribution < -0.4 is 10.6 Å². The van der Waals surface area contributed by atoms with Crippen LogP contribution >= 0.6 is 0 Å². The topological polar surface area (TPSA) is 64.3 Å². The molecule has 2 rings (SSSR count). The van der Waals surface area contributed by atoms with Crippen molar-refractivity contribution in [3.8, 4) is 0 Å². The lowest BCUT2D eigenvalue weighted by molar-refractivity contribution is 0.115. The number of anilines is 2. The Bertz CT molecular complexity index is 430. The van der Waals surface area contributed by atoms with E-state index >= 15 is 0 Å². The lowest BCUT2D eigenvalue weighted by atomic mass is 10.2. The monoisotopic (exact) mass is 264 g/mol. The van der Waals surface area contributed by atoms with Gasteiger partial charge in [-0.1, -0.05) is 6.92 Å². The Labute approximate surface area is 115 Å². The summed E-state index contributed by atoms with van der Waals surface area (Å²) < 4.78 is 5.72. The maximum absolute atomic E-state index is 5.99. The van der Waals surface area contributed by atoms with Crippen LogP contribution in [0.4, 0.5) is 11.6 Å². The van der Waals surface area contributed by atoms with Crippen molar-refractivity contribution in [3.05, 3.63) is 11.4 Å². The minimum Gasteiger partial charge on any atom is -0.383 e. The molecule has 0 amide bonds. The maximum atomic E-state index is 5.99. The zero-order chi connectivity index (χ0) is 13.8. The Balaban J connectivity index is 2.23. The summed E-state index contributed by atoms with van der Waals surface area (Å²) in [7, 11) is 0. The first-order chi connectivity index (χ1) is 9.15. The van der Waals surface area contributed by atoms with E-state index in [0.717, 1.165) is 56.2 Å². The zero-order valence-electron chi connectivity index (χ0n) is 12.1. The van der Waals surface area contributed by atoms with Gasteiger partial charge in [-0.2, -0.15) is 0 Å². The molecule has 1 aromatic rings. The predicted molar refractivity (Wildman–Crippen MR) is 77.4 cm³/mol. The van der Waals surface area contributed by atoms with Crippen molar-refractivity contribution in [2.45, 2.75) is 46.1 Å². The fraction of sp³-hybridized carbons (Fsp3) is 0.714. The quantitative estimate of drug-likeness (QED) is 0.880. The molecule has 19 heavy (non-hydrogen) atoms. The third kappa shape index (κ3) is 3.15. The number of hydrogen-bond donors (Lipinski definition) is 1. The molecule has 1 aliphatic heterocycles. The Morgan fingerprint density at radius 3 is 2.74 bits per heavy atom. The number of nitrogens with zero attached hydrogens (tertiary/aromatic N) is 3. The second-order valence-electron chi connectivity index (χ2n) is 5.00. The Hall–Kier alpha value is -1.36. The van der Waals surface area contributed by atoms with Gasteiger partial charge in [-0.25, -0.2) is 9.97 Å². The van der Waals surface area contributed by atoms with E-state index in [0.29, 0.717) is 11.9 Å². The molecule has 1 saturated heterocycles. The number of ether oxygens (including phenoxy) is 1. The number of likely N-dealkylation sites (N-methyl/N-ethyl adjacent to an activating group) is 1. The van der Waals surface area contributed by atoms with Crippen LogP contribution in [0.15, 0.2) is 0 Å². The molecule has 0 spiro atoms. The van der Waals surface area contributed by atoms with Gasteiger partial charge in [0.25, 0.3) is 0 Å². The maximum Gasteiger partial charge on any atom is 0.137 e. The summed E-state index contributed by atoms with van der Waals surface area (Å²) in [6.45, 7) is 8.84. The van der Waals surface area contributed by atoms with Crippen LogP contribution in [0.25, 0.3) is 0 Å². The summed E-state index contributed by atoms with van der Waals surface area (Å²) in [5.41, 5.74) is 6.96. The third-order valence-electron chi connectivity index (χ3n) is 3.65. The van der Waals surface area contributed by atoms with Gasteiger partial charge in [-0.05, 0) is 26.7 Å². The zero-order valence-corrected chi connectivity index (χ0v) is 12.1. The van der Waals surface area contributed by atoms with Gasteiger partial charge in [0.15, 0.2) is 0 Å². The predicted octanol–water partition coefficient (Wildman–Crippen LogP) is 1.93. The van der Waals surface area contributed by atoms with Crippen LogP contribution in [0.5, 0.6) is 0 Å². The molecule has 106 valence electrons. The average Bonchev–Trinajstić information content (AvgIpc) is 2.92. The molecule has 0 saturated carbocycles. The first kappa shape index (κ1) is 14.1. The van der Waals surface area contributed by atoms with Crippen molar-refractivity contribution >= 4 is 11.6 Å². The SMILES string of the molecule is CCc1nc(N)c(C)c(N(CC)CC2CCCO2)n1. The molecule has 1 atom stereocenters. The van der Waals surface area contributed by atoms with Crippen molar-refractivity contribution in [2.24, 2.45) is 0 Å². The highest BCUT2D eigenvalue weighted by Crippen LogP contribution is 2.23. The van der Waals surface area contributed by atoms with E-state index in [-0.39, 0.29) is 0 Å². The number of rotatable bonds is 5. The van der Waals surface area contributed by atoms with Crippen molar-refractivity contribution < 1.29 is 4.74 Å². The van der Waals surface area contributed by atoms with E-state index in [2.05, 4.69) is 21.8 Å². The first-order valence-electron chi connectivity index (χ1n) is 7.15. The molecular weight excluding hydrogens is 240 g/mol. The van der Waals surface area contributed by atoms with Crippen LogP contribution in [0.2, 0.25) is 0 Å². The van der Waals surface area contributed by atoms with Gasteiger partial charge in [0.1, 0.15) is 17.5 Å². The second kappa shape index (κ2) is 6.19. The molecule has 1 unspecified atom stereocenters. The Morgan fingerprint density at radius 2 is 2.16 bits per heavy atom. The molecular formula is C14H24N4O. The lowest BCUT2D eigenvalue weighted by Gasteiger charge is -2.27. The molecule has 1 aromatic heterocycles. The average molecular weight is 264 g/mol. The van der Waals surface area contributed by atoms with Crippen molar-refractivity contribution in [2.75, 3.05) is 30.3 Å². The molecule has 2 heterocycles. The van der Waals surface area contributed by atoms with Crippen molar-refractivity contribution in [1.29, 1.82) is 0 Å². The third-order valence-corrected chi connectivity index (χ3v) is 3.65. The van der Waals surface area contributed by atoms with E-state index in [9.17, 15) is 0 Å². The second-order valence-corrected chi connectivity index (χ2v) is 5.00. The summed E-state index contributed by atoms with van der Waals surface area (Å²) in [6, 6.07) is 0. The summed E-state index contributed by atoms with van der Waals surface area (Å²) in [4.78, 5) is 11.2. The Kier molecular flexibility index (Phi) is 4.58. The summed E-state index contributed by atoms with van der Waals surface area (Å²) in [5, 5.41) is 0. The molecule has 5 heteroatoms. The summed E-state index contributed by atoms with van der Waals surface area (Å²) in [5.74, 6) is 2.36. The largest absolute Gasteiger partial charge is 0.383 e. The van der Waals surface area contributed by atoms with Gasteiger partial charge in [0, 0.05) is 31.7 Å². The minimum absolute atomic E-state index is 0.320. The summed E-state index contributed by atoms with van der Waals surface area (Å²) >= 11 is 0. The van der Waals surface area contributed by atoms with Crippen molar-refractivity contribution in [1.82, 2.24) is 9.97 Å². The fourth-order valence-electron chi connectivity index (χ4n) is 2.43. The van der Waals surface area contributed by atoms with Crippen LogP contribution in [0, 0.1) is 6.92 Å². The van der Waals surface area contributed by atoms with Gasteiger partial charge >= 0.3 is 0 Å². The number of aromatic nitrogens is 2. The molecule has 5 nitrogen and oxygen atoms in total. The van der Waals surface area contributed by atoms with E-state index < -0.39 is 0 Å². The highest BCUT2D eigenvalue weighted by molar-refractivity contribution is 5.56. The Morgan fingerprint density at radius 1 is 1.37 bits per heavy atom. The number of nitrogens with two attached hydrogens (primary N) is 1. The molecule has 0 aliphatic carbocycles. The van der Waals surface area contributed by atoms with Gasteiger partial charge < -0.3 is 15.4 Å². The minimum atomic E-state index is 0.320. The smallest absolute Gasteiger partial charge is 0.137 e. The molecule has 2 N–H and O–H groups in total. The van der Waals surface area contributed by atoms with Gasteiger partial charge in [-0.15, -0.1) is 0 Å². The number of nitrogen functional groups attached to an aromatic ring is 1. The first-order valence-corrected chi connectivity index (χ1v) is 7.15. The highest BCUT2D eigenvalue weighted by atomic mass is 16.5. The van der Waals surface area contributed by atoms with E-state index in [1.165, 1.54) is 0 Å². The molecule has 0 aromatic carbocycles. The number of hydrogen-bond acceptors (Lipinski definition) is 5. The van der Waals surface area contributed by atoms with Gasteiger partial charge in [-0.3, -0.25) is 0 Å². The highest BCUT2D eigenvalue weighted by Gasteiger charge is 2.21. The van der Waals surface area contributed by atoms with Gasteiger partial charge in [0.05, 0.1) is 6.10 Å². The van der Waals surface area contributed by atoms with Crippen LogP contribution in [-0.2, 0) is 11.2 Å². The van der Waals surface area contributed by atoms with Crippen LogP contribution in [0.1, 0.15) is 38.1 Å². The lowest BCUT2D eigenvalue weighted by Crippen LogP contribution is -2.33. The summed E-state index contributed by atoms with van der Waals surface area (Å²) in [6.07, 6.45) is 3.42. The molecule has 0 radical (unpaired) electrons. The van der Waals surface area contributed by atoms with Gasteiger partial charge in [0.2, 0.25) is 0 Å². The standard InChI is InChI=1S/C14H24N4O/c1-4-12-16-13(15)10(3)14(17-12)18(5-2)9-11-7-6-8-19-11/h11H,4-9H2,1-3H3,(H2,15,16,17). The number of aryl methyl sites for hydroxylation is 1. The van der Waals surface area contributed by atoms with Crippen molar-refractivity contribution in [3.63, 3.8) is 0 Å². The van der Waals surface area contributed by atoms with E-state index in [1.54, 1.807) is 0 Å².